The van der Waals surface area contributed by atoms with Crippen LogP contribution in [0.5, 0.6) is 0 Å². The van der Waals surface area contributed by atoms with Gasteiger partial charge in [-0.05, 0) is 42.2 Å². The van der Waals surface area contributed by atoms with Gasteiger partial charge in [0.15, 0.2) is 0 Å². The minimum absolute atomic E-state index is 0.0263. The van der Waals surface area contributed by atoms with Crippen molar-refractivity contribution >= 4 is 23.2 Å². The number of carboxylic acids is 1. The van der Waals surface area contributed by atoms with E-state index in [-0.39, 0.29) is 5.91 Å². The average Bonchev–Trinajstić information content (AvgIpc) is 3.17. The molecule has 142 valence electrons. The molecule has 1 aliphatic rings. The molecule has 0 saturated heterocycles. The number of fused-ring (bicyclic) bond motifs is 1. The Labute approximate surface area is 168 Å². The largest absolute Gasteiger partial charge is 0.477 e. The average molecular weight is 391 g/mol. The van der Waals surface area contributed by atoms with E-state index in [0.717, 1.165) is 28.8 Å². The van der Waals surface area contributed by atoms with Crippen molar-refractivity contribution in [2.75, 3.05) is 7.05 Å². The van der Waals surface area contributed by atoms with Gasteiger partial charge in [-0.1, -0.05) is 48.5 Å². The number of carboxylic acid groups (broad SMARTS) is 1. The van der Waals surface area contributed by atoms with E-state index in [4.69, 9.17) is 0 Å². The van der Waals surface area contributed by atoms with Gasteiger partial charge in [-0.2, -0.15) is 0 Å². The maximum absolute atomic E-state index is 13.3. The molecule has 0 aliphatic heterocycles. The highest BCUT2D eigenvalue weighted by Gasteiger charge is 2.43. The summed E-state index contributed by atoms with van der Waals surface area (Å²) in [6.07, 6.45) is 2.14. The van der Waals surface area contributed by atoms with Crippen LogP contribution in [0.3, 0.4) is 0 Å². The number of aryl methyl sites for hydroxylation is 1. The van der Waals surface area contributed by atoms with E-state index in [1.807, 2.05) is 60.5 Å². The zero-order chi connectivity index (χ0) is 19.7. The summed E-state index contributed by atoms with van der Waals surface area (Å²) in [6, 6.07) is 21.1. The normalized spacial score (nSPS) is 18.3. The molecule has 4 nitrogen and oxygen atoms in total. The van der Waals surface area contributed by atoms with Crippen LogP contribution < -0.4 is 0 Å². The number of likely N-dealkylation sites (N-methyl/N-ethyl adjacent to an activating group) is 1. The van der Waals surface area contributed by atoms with Crippen molar-refractivity contribution in [3.8, 4) is 0 Å². The molecule has 28 heavy (non-hydrogen) atoms. The number of carbonyl (C=O) groups excluding carboxylic acids is 1. The van der Waals surface area contributed by atoms with Crippen LogP contribution in [-0.4, -0.2) is 28.9 Å². The van der Waals surface area contributed by atoms with Crippen LogP contribution in [0.4, 0.5) is 0 Å². The highest BCUT2D eigenvalue weighted by molar-refractivity contribution is 7.14. The highest BCUT2D eigenvalue weighted by atomic mass is 32.1. The SMILES string of the molecule is CN(C(=O)c1ccccc1)C1(c2ccccc2)CCc2sc(C(=O)O)cc2C1. The quantitative estimate of drug-likeness (QED) is 0.707. The maximum Gasteiger partial charge on any atom is 0.345 e. The molecular formula is C23H21NO3S. The monoisotopic (exact) mass is 391 g/mol. The molecule has 3 aromatic rings. The molecule has 0 radical (unpaired) electrons. The van der Waals surface area contributed by atoms with Gasteiger partial charge >= 0.3 is 5.97 Å². The molecule has 1 aromatic heterocycles. The minimum Gasteiger partial charge on any atom is -0.477 e. The van der Waals surface area contributed by atoms with E-state index in [2.05, 4.69) is 12.1 Å². The predicted molar refractivity (Wildman–Crippen MR) is 110 cm³/mol. The van der Waals surface area contributed by atoms with Crippen LogP contribution in [0.2, 0.25) is 0 Å². The summed E-state index contributed by atoms with van der Waals surface area (Å²) in [5.41, 5.74) is 2.27. The number of aromatic carboxylic acids is 1. The molecule has 1 atom stereocenters. The lowest BCUT2D eigenvalue weighted by molar-refractivity contribution is 0.0506. The molecule has 1 unspecified atom stereocenters. The van der Waals surface area contributed by atoms with Crippen LogP contribution in [0.1, 0.15) is 42.5 Å². The Hall–Kier alpha value is -2.92. The van der Waals surface area contributed by atoms with Crippen LogP contribution in [0.15, 0.2) is 66.7 Å². The second-order valence-electron chi connectivity index (χ2n) is 7.17. The number of benzene rings is 2. The Morgan fingerprint density at radius 1 is 1.04 bits per heavy atom. The summed E-state index contributed by atoms with van der Waals surface area (Å²) in [6.45, 7) is 0. The molecule has 1 N–H and O–H groups in total. The number of hydrogen-bond acceptors (Lipinski definition) is 3. The van der Waals surface area contributed by atoms with Crippen molar-refractivity contribution in [1.82, 2.24) is 4.90 Å². The van der Waals surface area contributed by atoms with Crippen LogP contribution >= 0.6 is 11.3 Å². The first-order chi connectivity index (χ1) is 13.5. The first kappa shape index (κ1) is 18.4. The van der Waals surface area contributed by atoms with E-state index < -0.39 is 11.5 Å². The predicted octanol–water partition coefficient (Wildman–Crippen LogP) is 4.60. The van der Waals surface area contributed by atoms with E-state index in [1.54, 1.807) is 6.07 Å². The minimum atomic E-state index is -0.890. The zero-order valence-electron chi connectivity index (χ0n) is 15.6. The molecule has 0 bridgehead atoms. The molecule has 0 spiro atoms. The lowest BCUT2D eigenvalue weighted by atomic mass is 9.75. The first-order valence-corrected chi connectivity index (χ1v) is 10.1. The third-order valence-electron chi connectivity index (χ3n) is 5.63. The molecule has 5 heteroatoms. The van der Waals surface area contributed by atoms with Crippen molar-refractivity contribution in [3.05, 3.63) is 93.2 Å². The Morgan fingerprint density at radius 2 is 1.68 bits per heavy atom. The Kier molecular flexibility index (Phi) is 4.77. The molecule has 1 aliphatic carbocycles. The summed E-state index contributed by atoms with van der Waals surface area (Å²) in [5, 5.41) is 9.37. The zero-order valence-corrected chi connectivity index (χ0v) is 16.4. The van der Waals surface area contributed by atoms with Crippen LogP contribution in [-0.2, 0) is 18.4 Å². The van der Waals surface area contributed by atoms with Crippen molar-refractivity contribution in [1.29, 1.82) is 0 Å². The number of hydrogen-bond donors (Lipinski definition) is 1. The van der Waals surface area contributed by atoms with Gasteiger partial charge < -0.3 is 10.0 Å². The standard InChI is InChI=1S/C23H21NO3S/c1-24(21(25)16-8-4-2-5-9-16)23(18-10-6-3-7-11-18)13-12-19-17(15-23)14-20(28-19)22(26)27/h2-11,14H,12-13,15H2,1H3,(H,26,27). The molecule has 1 heterocycles. The van der Waals surface area contributed by atoms with Gasteiger partial charge in [0.05, 0.1) is 5.54 Å². The van der Waals surface area contributed by atoms with Gasteiger partial charge in [0.2, 0.25) is 0 Å². The maximum atomic E-state index is 13.3. The molecule has 1 amide bonds. The van der Waals surface area contributed by atoms with Crippen molar-refractivity contribution < 1.29 is 14.7 Å². The summed E-state index contributed by atoms with van der Waals surface area (Å²) < 4.78 is 0. The van der Waals surface area contributed by atoms with E-state index in [1.165, 1.54) is 11.3 Å². The molecular weight excluding hydrogens is 370 g/mol. The van der Waals surface area contributed by atoms with Gasteiger partial charge in [0.25, 0.3) is 5.91 Å². The van der Waals surface area contributed by atoms with Gasteiger partial charge in [0.1, 0.15) is 4.88 Å². The lowest BCUT2D eigenvalue weighted by Crippen LogP contribution is -2.50. The summed E-state index contributed by atoms with van der Waals surface area (Å²) in [7, 11) is 1.86. The molecule has 2 aromatic carbocycles. The smallest absolute Gasteiger partial charge is 0.345 e. The molecule has 0 saturated carbocycles. The first-order valence-electron chi connectivity index (χ1n) is 9.25. The second-order valence-corrected chi connectivity index (χ2v) is 8.31. The van der Waals surface area contributed by atoms with E-state index >= 15 is 0 Å². The number of rotatable bonds is 4. The fourth-order valence-corrected chi connectivity index (χ4v) is 5.12. The fraction of sp³-hybridized carbons (Fsp3) is 0.217. The van der Waals surface area contributed by atoms with Crippen molar-refractivity contribution in [3.63, 3.8) is 0 Å². The summed E-state index contributed by atoms with van der Waals surface area (Å²) in [5.74, 6) is -0.917. The second kappa shape index (κ2) is 7.24. The van der Waals surface area contributed by atoms with Gasteiger partial charge in [-0.3, -0.25) is 4.79 Å². The van der Waals surface area contributed by atoms with Gasteiger partial charge in [-0.15, -0.1) is 11.3 Å². The Morgan fingerprint density at radius 3 is 2.32 bits per heavy atom. The summed E-state index contributed by atoms with van der Waals surface area (Å²) >= 11 is 1.35. The van der Waals surface area contributed by atoms with E-state index in [9.17, 15) is 14.7 Å². The Balaban J connectivity index is 1.78. The van der Waals surface area contributed by atoms with E-state index in [0.29, 0.717) is 16.9 Å². The van der Waals surface area contributed by atoms with Crippen molar-refractivity contribution in [2.24, 2.45) is 0 Å². The lowest BCUT2D eigenvalue weighted by Gasteiger charge is -2.45. The van der Waals surface area contributed by atoms with Crippen LogP contribution in [0.25, 0.3) is 0 Å². The Bertz CT molecular complexity index is 1010. The number of thiophene rings is 1. The fourth-order valence-electron chi connectivity index (χ4n) is 4.10. The summed E-state index contributed by atoms with van der Waals surface area (Å²) in [4.78, 5) is 28.0. The third kappa shape index (κ3) is 3.12. The topological polar surface area (TPSA) is 57.6 Å². The third-order valence-corrected chi connectivity index (χ3v) is 6.86. The number of amides is 1. The number of nitrogens with zero attached hydrogens (tertiary/aromatic N) is 1. The van der Waals surface area contributed by atoms with Gasteiger partial charge in [0, 0.05) is 23.9 Å². The number of carbonyl (C=O) groups is 2. The molecule has 4 rings (SSSR count). The van der Waals surface area contributed by atoms with Crippen molar-refractivity contribution in [2.45, 2.75) is 24.8 Å². The molecule has 0 fully saturated rings. The highest BCUT2D eigenvalue weighted by Crippen LogP contribution is 2.43. The van der Waals surface area contributed by atoms with Gasteiger partial charge in [-0.25, -0.2) is 4.79 Å². The van der Waals surface area contributed by atoms with Crippen LogP contribution in [0, 0.1) is 0 Å².